The maximum Gasteiger partial charge on any atom is 0.0643 e. The number of hydrogen-bond donors (Lipinski definition) is 2. The van der Waals surface area contributed by atoms with Gasteiger partial charge in [-0.3, -0.25) is 0 Å². The van der Waals surface area contributed by atoms with Crippen LogP contribution in [0, 0.1) is 0 Å². The van der Waals surface area contributed by atoms with Crippen molar-refractivity contribution in [2.24, 2.45) is 5.73 Å². The summed E-state index contributed by atoms with van der Waals surface area (Å²) in [5.74, 6) is 0. The SMILES string of the molecule is CCC(C)OCC(N)CO. The molecule has 62 valence electrons. The highest BCUT2D eigenvalue weighted by molar-refractivity contribution is 4.57. The van der Waals surface area contributed by atoms with Crippen molar-refractivity contribution in [3.63, 3.8) is 0 Å². The van der Waals surface area contributed by atoms with E-state index in [2.05, 4.69) is 6.92 Å². The summed E-state index contributed by atoms with van der Waals surface area (Å²) in [6.07, 6.45) is 1.23. The first-order chi connectivity index (χ1) is 4.70. The highest BCUT2D eigenvalue weighted by Gasteiger charge is 2.02. The van der Waals surface area contributed by atoms with Gasteiger partial charge in [-0.2, -0.15) is 0 Å². The first-order valence-electron chi connectivity index (χ1n) is 3.68. The van der Waals surface area contributed by atoms with Gasteiger partial charge in [0, 0.05) is 0 Å². The zero-order chi connectivity index (χ0) is 7.98. The lowest BCUT2D eigenvalue weighted by Gasteiger charge is -2.13. The van der Waals surface area contributed by atoms with Crippen LogP contribution in [-0.2, 0) is 4.74 Å². The molecule has 2 atom stereocenters. The van der Waals surface area contributed by atoms with Crippen molar-refractivity contribution in [1.29, 1.82) is 0 Å². The molecule has 0 aromatic carbocycles. The Labute approximate surface area is 62.2 Å². The molecule has 3 nitrogen and oxygen atoms in total. The summed E-state index contributed by atoms with van der Waals surface area (Å²) in [5, 5.41) is 8.52. The van der Waals surface area contributed by atoms with Crippen molar-refractivity contribution in [3.8, 4) is 0 Å². The summed E-state index contributed by atoms with van der Waals surface area (Å²) in [5.41, 5.74) is 5.40. The van der Waals surface area contributed by atoms with E-state index in [9.17, 15) is 0 Å². The Balaban J connectivity index is 3.17. The zero-order valence-corrected chi connectivity index (χ0v) is 6.71. The molecule has 0 rings (SSSR count). The number of ether oxygens (including phenoxy) is 1. The fraction of sp³-hybridized carbons (Fsp3) is 1.00. The Morgan fingerprint density at radius 3 is 2.60 bits per heavy atom. The minimum Gasteiger partial charge on any atom is -0.395 e. The van der Waals surface area contributed by atoms with E-state index in [1.54, 1.807) is 0 Å². The van der Waals surface area contributed by atoms with Crippen LogP contribution in [0.1, 0.15) is 20.3 Å². The van der Waals surface area contributed by atoms with Gasteiger partial charge in [-0.1, -0.05) is 6.92 Å². The maximum absolute atomic E-state index is 8.52. The summed E-state index contributed by atoms with van der Waals surface area (Å²) in [4.78, 5) is 0. The highest BCUT2D eigenvalue weighted by Crippen LogP contribution is 1.95. The van der Waals surface area contributed by atoms with Crippen LogP contribution in [0.5, 0.6) is 0 Å². The zero-order valence-electron chi connectivity index (χ0n) is 6.71. The van der Waals surface area contributed by atoms with Crippen molar-refractivity contribution in [2.45, 2.75) is 32.4 Å². The first kappa shape index (κ1) is 9.88. The summed E-state index contributed by atoms with van der Waals surface area (Å²) in [7, 11) is 0. The number of hydrogen-bond acceptors (Lipinski definition) is 3. The molecule has 0 spiro atoms. The van der Waals surface area contributed by atoms with Crippen LogP contribution in [0.2, 0.25) is 0 Å². The van der Waals surface area contributed by atoms with Gasteiger partial charge in [0.25, 0.3) is 0 Å². The minimum absolute atomic E-state index is 0.00354. The Morgan fingerprint density at radius 2 is 2.20 bits per heavy atom. The predicted molar refractivity (Wildman–Crippen MR) is 40.8 cm³/mol. The Morgan fingerprint density at radius 1 is 1.60 bits per heavy atom. The molecule has 3 N–H and O–H groups in total. The van der Waals surface area contributed by atoms with Gasteiger partial charge in [0.2, 0.25) is 0 Å². The number of nitrogens with two attached hydrogens (primary N) is 1. The smallest absolute Gasteiger partial charge is 0.0643 e. The van der Waals surface area contributed by atoms with Crippen LogP contribution in [0.25, 0.3) is 0 Å². The molecular formula is C7H17NO2. The molecule has 0 amide bonds. The molecule has 0 aromatic heterocycles. The molecule has 3 heteroatoms. The monoisotopic (exact) mass is 147 g/mol. The van der Waals surface area contributed by atoms with Gasteiger partial charge in [0.05, 0.1) is 25.4 Å². The minimum atomic E-state index is -0.228. The molecule has 0 radical (unpaired) electrons. The van der Waals surface area contributed by atoms with Crippen molar-refractivity contribution in [1.82, 2.24) is 0 Å². The summed E-state index contributed by atoms with van der Waals surface area (Å²) >= 11 is 0. The lowest BCUT2D eigenvalue weighted by molar-refractivity contribution is 0.0435. The van der Waals surface area contributed by atoms with Gasteiger partial charge in [-0.15, -0.1) is 0 Å². The molecule has 0 aliphatic carbocycles. The summed E-state index contributed by atoms with van der Waals surface area (Å²) in [6, 6.07) is -0.228. The van der Waals surface area contributed by atoms with Crippen LogP contribution in [0.15, 0.2) is 0 Å². The molecule has 0 fully saturated rings. The first-order valence-corrected chi connectivity index (χ1v) is 3.68. The Bertz CT molecular complexity index is 68.0. The second kappa shape index (κ2) is 5.65. The lowest BCUT2D eigenvalue weighted by atomic mass is 10.3. The van der Waals surface area contributed by atoms with Gasteiger partial charge in [-0.05, 0) is 13.3 Å². The molecule has 0 aromatic rings. The molecular weight excluding hydrogens is 130 g/mol. The molecule has 0 aliphatic rings. The molecule has 0 bridgehead atoms. The Hall–Kier alpha value is -0.120. The second-order valence-corrected chi connectivity index (χ2v) is 2.49. The summed E-state index contributed by atoms with van der Waals surface area (Å²) in [6.45, 7) is 4.49. The van der Waals surface area contributed by atoms with Crippen molar-refractivity contribution < 1.29 is 9.84 Å². The van der Waals surface area contributed by atoms with E-state index in [1.165, 1.54) is 0 Å². The topological polar surface area (TPSA) is 55.5 Å². The Kier molecular flexibility index (Phi) is 5.58. The predicted octanol–water partition coefficient (Wildman–Crippen LogP) is 0.121. The van der Waals surface area contributed by atoms with Crippen molar-refractivity contribution >= 4 is 0 Å². The van der Waals surface area contributed by atoms with E-state index in [0.29, 0.717) is 6.61 Å². The average Bonchev–Trinajstić information content (AvgIpc) is 1.99. The van der Waals surface area contributed by atoms with Crippen LogP contribution < -0.4 is 5.73 Å². The third-order valence-corrected chi connectivity index (χ3v) is 1.40. The highest BCUT2D eigenvalue weighted by atomic mass is 16.5. The fourth-order valence-electron chi connectivity index (χ4n) is 0.458. The molecule has 0 saturated carbocycles. The summed E-state index contributed by atoms with van der Waals surface area (Å²) < 4.78 is 5.26. The molecule has 10 heavy (non-hydrogen) atoms. The standard InChI is InChI=1S/C7H17NO2/c1-3-6(2)10-5-7(8)4-9/h6-7,9H,3-5,8H2,1-2H3. The van der Waals surface area contributed by atoms with Crippen molar-refractivity contribution in [3.05, 3.63) is 0 Å². The largest absolute Gasteiger partial charge is 0.395 e. The molecule has 0 aliphatic heterocycles. The van der Waals surface area contributed by atoms with E-state index in [0.717, 1.165) is 6.42 Å². The van der Waals surface area contributed by atoms with E-state index in [1.807, 2.05) is 6.92 Å². The molecule has 0 heterocycles. The van der Waals surface area contributed by atoms with E-state index < -0.39 is 0 Å². The van der Waals surface area contributed by atoms with Crippen molar-refractivity contribution in [2.75, 3.05) is 13.2 Å². The normalized spacial score (nSPS) is 16.8. The van der Waals surface area contributed by atoms with Gasteiger partial charge in [0.15, 0.2) is 0 Å². The van der Waals surface area contributed by atoms with E-state index in [-0.39, 0.29) is 18.8 Å². The van der Waals surface area contributed by atoms with Crippen LogP contribution >= 0.6 is 0 Å². The second-order valence-electron chi connectivity index (χ2n) is 2.49. The third-order valence-electron chi connectivity index (χ3n) is 1.40. The number of rotatable bonds is 5. The lowest BCUT2D eigenvalue weighted by Crippen LogP contribution is -2.31. The number of aliphatic hydroxyl groups is 1. The maximum atomic E-state index is 8.52. The third kappa shape index (κ3) is 4.73. The van der Waals surface area contributed by atoms with Gasteiger partial charge in [-0.25, -0.2) is 0 Å². The van der Waals surface area contributed by atoms with Crippen LogP contribution in [-0.4, -0.2) is 30.5 Å². The van der Waals surface area contributed by atoms with Gasteiger partial charge in [0.1, 0.15) is 0 Å². The van der Waals surface area contributed by atoms with Crippen LogP contribution in [0.4, 0.5) is 0 Å². The van der Waals surface area contributed by atoms with Crippen LogP contribution in [0.3, 0.4) is 0 Å². The van der Waals surface area contributed by atoms with Gasteiger partial charge >= 0.3 is 0 Å². The molecule has 0 saturated heterocycles. The van der Waals surface area contributed by atoms with E-state index >= 15 is 0 Å². The van der Waals surface area contributed by atoms with Gasteiger partial charge < -0.3 is 15.6 Å². The average molecular weight is 147 g/mol. The fourth-order valence-corrected chi connectivity index (χ4v) is 0.458. The number of aliphatic hydroxyl groups excluding tert-OH is 1. The van der Waals surface area contributed by atoms with E-state index in [4.69, 9.17) is 15.6 Å². The molecule has 2 unspecified atom stereocenters. The quantitative estimate of drug-likeness (QED) is 0.580.